The minimum absolute atomic E-state index is 0.0124. The summed E-state index contributed by atoms with van der Waals surface area (Å²) in [6, 6.07) is 12.2. The van der Waals surface area contributed by atoms with Gasteiger partial charge >= 0.3 is 0 Å². The van der Waals surface area contributed by atoms with Gasteiger partial charge in [-0.05, 0) is 54.8 Å². The second-order valence-electron chi connectivity index (χ2n) is 7.37. The van der Waals surface area contributed by atoms with Crippen molar-refractivity contribution >= 4 is 17.7 Å². The Morgan fingerprint density at radius 1 is 1.32 bits per heavy atom. The fourth-order valence-electron chi connectivity index (χ4n) is 3.79. The van der Waals surface area contributed by atoms with Crippen molar-refractivity contribution in [3.8, 4) is 11.4 Å². The van der Waals surface area contributed by atoms with Crippen LogP contribution in [0.2, 0.25) is 0 Å². The van der Waals surface area contributed by atoms with E-state index in [2.05, 4.69) is 20.3 Å². The molecule has 0 spiro atoms. The Morgan fingerprint density at radius 3 is 3.03 bits per heavy atom. The highest BCUT2D eigenvalue weighted by Crippen LogP contribution is 2.32. The molecule has 0 saturated carbocycles. The first-order valence-electron chi connectivity index (χ1n) is 10.3. The number of nitrogens with zero attached hydrogens (tertiary/aromatic N) is 3. The first-order valence-corrected chi connectivity index (χ1v) is 10.3. The predicted molar refractivity (Wildman–Crippen MR) is 119 cm³/mol. The average molecular weight is 420 g/mol. The van der Waals surface area contributed by atoms with Crippen LogP contribution in [-0.2, 0) is 0 Å². The van der Waals surface area contributed by atoms with E-state index in [4.69, 9.17) is 10.5 Å². The average Bonchev–Trinajstić information content (AvgIpc) is 3.46. The lowest BCUT2D eigenvalue weighted by atomic mass is 10.0. The number of benzene rings is 1. The lowest BCUT2D eigenvalue weighted by Crippen LogP contribution is -2.28. The quantitative estimate of drug-likeness (QED) is 0.344. The highest BCUT2D eigenvalue weighted by Gasteiger charge is 2.27. The summed E-state index contributed by atoms with van der Waals surface area (Å²) in [5.41, 5.74) is 2.39. The molecule has 4 rings (SSSR count). The number of hydrogen-bond acceptors (Lipinski definition) is 5. The van der Waals surface area contributed by atoms with Gasteiger partial charge in [-0.15, -0.1) is 0 Å². The number of imidazole rings is 1. The number of nitrogens with one attached hydrogen (secondary N) is 3. The minimum Gasteiger partial charge on any atom is -0.395 e. The molecular formula is C23H25FN6O. The van der Waals surface area contributed by atoms with Crippen molar-refractivity contribution in [2.45, 2.75) is 18.9 Å². The van der Waals surface area contributed by atoms with Gasteiger partial charge in [0.15, 0.2) is 0 Å². The fourth-order valence-corrected chi connectivity index (χ4v) is 3.79. The lowest BCUT2D eigenvalue weighted by Gasteiger charge is -2.26. The molecule has 160 valence electrons. The molecule has 0 aliphatic carbocycles. The Labute approximate surface area is 180 Å². The third kappa shape index (κ3) is 4.97. The molecule has 7 nitrogen and oxygen atoms in total. The van der Waals surface area contributed by atoms with E-state index in [1.54, 1.807) is 30.5 Å². The Morgan fingerprint density at radius 2 is 2.19 bits per heavy atom. The summed E-state index contributed by atoms with van der Waals surface area (Å²) in [7, 11) is 0. The van der Waals surface area contributed by atoms with E-state index < -0.39 is 0 Å². The van der Waals surface area contributed by atoms with Crippen molar-refractivity contribution in [1.29, 1.82) is 5.41 Å². The van der Waals surface area contributed by atoms with Gasteiger partial charge in [0.2, 0.25) is 0 Å². The third-order valence-corrected chi connectivity index (χ3v) is 5.23. The highest BCUT2D eigenvalue weighted by molar-refractivity contribution is 5.94. The summed E-state index contributed by atoms with van der Waals surface area (Å²) in [6.45, 7) is 1.24. The maximum atomic E-state index is 13.6. The van der Waals surface area contributed by atoms with Crippen LogP contribution in [0.1, 0.15) is 30.3 Å². The molecule has 0 bridgehead atoms. The molecule has 3 heterocycles. The zero-order chi connectivity index (χ0) is 21.6. The molecule has 1 saturated heterocycles. The minimum atomic E-state index is -0.251. The summed E-state index contributed by atoms with van der Waals surface area (Å²) in [5.74, 6) is 1.42. The van der Waals surface area contributed by atoms with Crippen LogP contribution in [0.25, 0.3) is 17.5 Å². The van der Waals surface area contributed by atoms with E-state index in [-0.39, 0.29) is 18.5 Å². The molecule has 1 fully saturated rings. The second kappa shape index (κ2) is 9.53. The molecular weight excluding hydrogens is 395 g/mol. The van der Waals surface area contributed by atoms with E-state index in [0.717, 1.165) is 36.3 Å². The fraction of sp³-hybridized carbons (Fsp3) is 0.261. The summed E-state index contributed by atoms with van der Waals surface area (Å²) < 4.78 is 13.6. The normalized spacial score (nSPS) is 16.2. The molecule has 3 aromatic rings. The van der Waals surface area contributed by atoms with Crippen molar-refractivity contribution in [2.24, 2.45) is 0 Å². The first kappa shape index (κ1) is 20.7. The van der Waals surface area contributed by atoms with Gasteiger partial charge in [0.1, 0.15) is 23.3 Å². The molecule has 1 atom stereocenters. The van der Waals surface area contributed by atoms with E-state index in [1.165, 1.54) is 6.07 Å². The molecule has 4 N–H and O–H groups in total. The zero-order valence-corrected chi connectivity index (χ0v) is 17.1. The van der Waals surface area contributed by atoms with Gasteiger partial charge in [0, 0.05) is 13.1 Å². The van der Waals surface area contributed by atoms with E-state index in [9.17, 15) is 4.39 Å². The Kier molecular flexibility index (Phi) is 6.37. The van der Waals surface area contributed by atoms with E-state index in [1.807, 2.05) is 29.2 Å². The molecule has 31 heavy (non-hydrogen) atoms. The van der Waals surface area contributed by atoms with Crippen LogP contribution >= 0.6 is 0 Å². The molecule has 1 aromatic carbocycles. The van der Waals surface area contributed by atoms with Crippen molar-refractivity contribution in [1.82, 2.24) is 19.9 Å². The summed E-state index contributed by atoms with van der Waals surface area (Å²) in [5, 5.41) is 20.5. The maximum Gasteiger partial charge on any atom is 0.130 e. The van der Waals surface area contributed by atoms with Gasteiger partial charge in [-0.3, -0.25) is 5.41 Å². The van der Waals surface area contributed by atoms with Crippen molar-refractivity contribution in [3.63, 3.8) is 0 Å². The number of amidine groups is 1. The van der Waals surface area contributed by atoms with Crippen LogP contribution in [0.5, 0.6) is 0 Å². The van der Waals surface area contributed by atoms with Crippen molar-refractivity contribution in [3.05, 3.63) is 71.9 Å². The number of rotatable bonds is 7. The number of aliphatic hydroxyl groups excluding tert-OH is 1. The Bertz CT molecular complexity index is 1080. The van der Waals surface area contributed by atoms with Gasteiger partial charge in [-0.25, -0.2) is 14.4 Å². The standard InChI is InChI=1S/C23H25FN6O/c24-17-5-1-4-16(14-17)20-7-3-12-30(20)21(25)9-10-23-27-15-19(29-23)18-6-2-8-22(28-18)26-11-13-31/h1-2,4-6,8-10,14-15,20,25,31H,3,7,11-13H2,(H,26,28)(H,27,29)/b10-9-,25-21?. The summed E-state index contributed by atoms with van der Waals surface area (Å²) >= 11 is 0. The number of pyridine rings is 1. The van der Waals surface area contributed by atoms with Crippen molar-refractivity contribution < 1.29 is 9.50 Å². The SMILES string of the molecule is N=C(/C=C\c1ncc(-c2cccc(NCCO)n2)[nH]1)N1CCCC1c1cccc(F)c1. The molecule has 1 unspecified atom stereocenters. The summed E-state index contributed by atoms with van der Waals surface area (Å²) in [4.78, 5) is 14.1. The number of hydrogen-bond donors (Lipinski definition) is 4. The largest absolute Gasteiger partial charge is 0.395 e. The molecule has 1 aliphatic heterocycles. The third-order valence-electron chi connectivity index (χ3n) is 5.23. The van der Waals surface area contributed by atoms with Crippen LogP contribution in [0, 0.1) is 11.2 Å². The van der Waals surface area contributed by atoms with Crippen LogP contribution in [0.3, 0.4) is 0 Å². The molecule has 1 aliphatic rings. The number of halogens is 1. The lowest BCUT2D eigenvalue weighted by molar-refractivity contribution is 0.311. The van der Waals surface area contributed by atoms with Gasteiger partial charge in [0.25, 0.3) is 0 Å². The maximum absolute atomic E-state index is 13.6. The Hall–Kier alpha value is -3.52. The molecule has 0 radical (unpaired) electrons. The number of aromatic nitrogens is 3. The van der Waals surface area contributed by atoms with E-state index >= 15 is 0 Å². The van der Waals surface area contributed by atoms with Gasteiger partial charge < -0.3 is 20.3 Å². The van der Waals surface area contributed by atoms with Crippen LogP contribution in [0.4, 0.5) is 10.2 Å². The van der Waals surface area contributed by atoms with Gasteiger partial charge in [-0.2, -0.15) is 0 Å². The predicted octanol–water partition coefficient (Wildman–Crippen LogP) is 3.84. The molecule has 8 heteroatoms. The monoisotopic (exact) mass is 420 g/mol. The molecule has 2 aromatic heterocycles. The van der Waals surface area contributed by atoms with Crippen LogP contribution < -0.4 is 5.32 Å². The smallest absolute Gasteiger partial charge is 0.130 e. The topological polar surface area (TPSA) is 101 Å². The second-order valence-corrected chi connectivity index (χ2v) is 7.37. The Balaban J connectivity index is 1.44. The number of aromatic amines is 1. The zero-order valence-electron chi connectivity index (χ0n) is 17.1. The number of H-pyrrole nitrogens is 1. The van der Waals surface area contributed by atoms with E-state index in [0.29, 0.717) is 24.0 Å². The molecule has 0 amide bonds. The van der Waals surface area contributed by atoms with Gasteiger partial charge in [0.05, 0.1) is 30.2 Å². The van der Waals surface area contributed by atoms with Crippen molar-refractivity contribution in [2.75, 3.05) is 25.0 Å². The first-order chi connectivity index (χ1) is 15.1. The highest BCUT2D eigenvalue weighted by atomic mass is 19.1. The van der Waals surface area contributed by atoms with Gasteiger partial charge in [-0.1, -0.05) is 18.2 Å². The number of likely N-dealkylation sites (tertiary alicyclic amines) is 1. The van der Waals surface area contributed by atoms with Crippen LogP contribution in [-0.4, -0.2) is 50.5 Å². The number of aliphatic hydroxyl groups is 1. The van der Waals surface area contributed by atoms with Crippen LogP contribution in [0.15, 0.2) is 54.7 Å². The number of anilines is 1. The summed E-state index contributed by atoms with van der Waals surface area (Å²) in [6.07, 6.45) is 7.05.